The van der Waals surface area contributed by atoms with Crippen LogP contribution in [-0.4, -0.2) is 20.1 Å². The van der Waals surface area contributed by atoms with E-state index in [-0.39, 0.29) is 5.78 Å². The molecule has 0 radical (unpaired) electrons. The Labute approximate surface area is 115 Å². The summed E-state index contributed by atoms with van der Waals surface area (Å²) in [6.45, 7) is 7.09. The fourth-order valence-electron chi connectivity index (χ4n) is 2.05. The van der Waals surface area contributed by atoms with Gasteiger partial charge in [0.05, 0.1) is 28.1 Å². The quantitative estimate of drug-likeness (QED) is 0.814. The van der Waals surface area contributed by atoms with E-state index in [9.17, 15) is 4.79 Å². The molecule has 0 saturated carbocycles. The van der Waals surface area contributed by atoms with Crippen molar-refractivity contribution in [2.75, 3.05) is 0 Å². The summed E-state index contributed by atoms with van der Waals surface area (Å²) in [5.41, 5.74) is 2.79. The molecule has 2 aromatic heterocycles. The van der Waals surface area contributed by atoms with E-state index < -0.39 is 0 Å². The van der Waals surface area contributed by atoms with Gasteiger partial charge in [-0.3, -0.25) is 9.48 Å². The Kier molecular flexibility index (Phi) is 3.71. The first-order chi connectivity index (χ1) is 8.54. The van der Waals surface area contributed by atoms with E-state index in [1.54, 1.807) is 6.92 Å². The van der Waals surface area contributed by atoms with Gasteiger partial charge in [0.25, 0.3) is 0 Å². The standard InChI is InChI=1S/C13H16BrN3O/c1-4-17-12(13(14)9(2)15-17)8-16-7-5-6-11(16)10(3)18/h5-7H,4,8H2,1-3H3. The van der Waals surface area contributed by atoms with Gasteiger partial charge in [0, 0.05) is 19.7 Å². The zero-order valence-corrected chi connectivity index (χ0v) is 12.4. The number of rotatable bonds is 4. The van der Waals surface area contributed by atoms with Gasteiger partial charge in [-0.1, -0.05) is 0 Å². The van der Waals surface area contributed by atoms with Gasteiger partial charge < -0.3 is 4.57 Å². The minimum atomic E-state index is 0.0791. The molecule has 0 fully saturated rings. The van der Waals surface area contributed by atoms with Crippen LogP contribution in [-0.2, 0) is 13.1 Å². The highest BCUT2D eigenvalue weighted by molar-refractivity contribution is 9.10. The third kappa shape index (κ3) is 2.27. The first-order valence-electron chi connectivity index (χ1n) is 5.92. The summed E-state index contributed by atoms with van der Waals surface area (Å²) in [4.78, 5) is 11.5. The number of aromatic nitrogens is 3. The zero-order valence-electron chi connectivity index (χ0n) is 10.8. The molecule has 0 amide bonds. The topological polar surface area (TPSA) is 39.8 Å². The predicted molar refractivity (Wildman–Crippen MR) is 73.9 cm³/mol. The van der Waals surface area contributed by atoms with Gasteiger partial charge in [-0.05, 0) is 41.9 Å². The smallest absolute Gasteiger partial charge is 0.176 e. The molecule has 0 aliphatic heterocycles. The third-order valence-corrected chi connectivity index (χ3v) is 3.99. The molecule has 0 atom stereocenters. The minimum Gasteiger partial charge on any atom is -0.339 e. The lowest BCUT2D eigenvalue weighted by atomic mass is 10.3. The van der Waals surface area contributed by atoms with Crippen LogP contribution >= 0.6 is 15.9 Å². The van der Waals surface area contributed by atoms with Gasteiger partial charge in [-0.25, -0.2) is 0 Å². The Bertz CT molecular complexity index is 583. The van der Waals surface area contributed by atoms with E-state index >= 15 is 0 Å². The fraction of sp³-hybridized carbons (Fsp3) is 0.385. The van der Waals surface area contributed by atoms with Gasteiger partial charge in [0.2, 0.25) is 0 Å². The normalized spacial score (nSPS) is 10.9. The zero-order chi connectivity index (χ0) is 13.3. The molecule has 96 valence electrons. The lowest BCUT2D eigenvalue weighted by Crippen LogP contribution is -2.11. The predicted octanol–water partition coefficient (Wildman–Crippen LogP) is 3.03. The molecule has 0 spiro atoms. The Balaban J connectivity index is 2.39. The molecule has 0 bridgehead atoms. The molecule has 5 heteroatoms. The Morgan fingerprint density at radius 3 is 2.83 bits per heavy atom. The highest BCUT2D eigenvalue weighted by Gasteiger charge is 2.14. The van der Waals surface area contributed by atoms with Crippen LogP contribution in [0, 0.1) is 6.92 Å². The number of halogens is 1. The number of hydrogen-bond acceptors (Lipinski definition) is 2. The third-order valence-electron chi connectivity index (χ3n) is 2.96. The van der Waals surface area contributed by atoms with Crippen LogP contribution in [0.3, 0.4) is 0 Å². The van der Waals surface area contributed by atoms with Crippen LogP contribution < -0.4 is 0 Å². The molecular formula is C13H16BrN3O. The Morgan fingerprint density at radius 2 is 2.22 bits per heavy atom. The van der Waals surface area contributed by atoms with Crippen molar-refractivity contribution in [3.63, 3.8) is 0 Å². The lowest BCUT2D eigenvalue weighted by molar-refractivity contribution is 0.100. The largest absolute Gasteiger partial charge is 0.339 e. The van der Waals surface area contributed by atoms with Crippen molar-refractivity contribution >= 4 is 21.7 Å². The maximum atomic E-state index is 11.5. The molecule has 0 saturated heterocycles. The minimum absolute atomic E-state index is 0.0791. The van der Waals surface area contributed by atoms with E-state index in [4.69, 9.17) is 0 Å². The monoisotopic (exact) mass is 309 g/mol. The van der Waals surface area contributed by atoms with Crippen molar-refractivity contribution in [3.8, 4) is 0 Å². The van der Waals surface area contributed by atoms with Crippen LogP contribution in [0.5, 0.6) is 0 Å². The van der Waals surface area contributed by atoms with Gasteiger partial charge in [-0.15, -0.1) is 0 Å². The maximum absolute atomic E-state index is 11.5. The summed E-state index contributed by atoms with van der Waals surface area (Å²) < 4.78 is 4.94. The van der Waals surface area contributed by atoms with Crippen molar-refractivity contribution in [1.29, 1.82) is 0 Å². The number of hydrogen-bond donors (Lipinski definition) is 0. The lowest BCUT2D eigenvalue weighted by Gasteiger charge is -2.09. The second-order valence-electron chi connectivity index (χ2n) is 4.24. The Morgan fingerprint density at radius 1 is 1.50 bits per heavy atom. The van der Waals surface area contributed by atoms with Gasteiger partial charge in [0.15, 0.2) is 5.78 Å². The number of Topliss-reactive ketones (excluding diaryl/α,β-unsaturated/α-hetero) is 1. The first-order valence-corrected chi connectivity index (χ1v) is 6.71. The highest BCUT2D eigenvalue weighted by atomic mass is 79.9. The second-order valence-corrected chi connectivity index (χ2v) is 5.03. The fourth-order valence-corrected chi connectivity index (χ4v) is 2.46. The Hall–Kier alpha value is -1.36. The van der Waals surface area contributed by atoms with E-state index in [1.165, 1.54) is 0 Å². The van der Waals surface area contributed by atoms with Gasteiger partial charge >= 0.3 is 0 Å². The van der Waals surface area contributed by atoms with Crippen LogP contribution in [0.15, 0.2) is 22.8 Å². The van der Waals surface area contributed by atoms with E-state index in [2.05, 4.69) is 28.0 Å². The number of nitrogens with zero attached hydrogens (tertiary/aromatic N) is 3. The van der Waals surface area contributed by atoms with E-state index in [0.717, 1.165) is 28.1 Å². The van der Waals surface area contributed by atoms with Crippen LogP contribution in [0.2, 0.25) is 0 Å². The second kappa shape index (κ2) is 5.10. The number of ketones is 1. The van der Waals surface area contributed by atoms with Crippen molar-refractivity contribution < 1.29 is 4.79 Å². The van der Waals surface area contributed by atoms with Crippen molar-refractivity contribution in [2.24, 2.45) is 0 Å². The average Bonchev–Trinajstić information content (AvgIpc) is 2.89. The van der Waals surface area contributed by atoms with E-state index in [1.807, 2.05) is 34.5 Å². The highest BCUT2D eigenvalue weighted by Crippen LogP contribution is 2.22. The summed E-state index contributed by atoms with van der Waals surface area (Å²) >= 11 is 3.57. The molecule has 4 nitrogen and oxygen atoms in total. The average molecular weight is 310 g/mol. The SMILES string of the molecule is CCn1nc(C)c(Br)c1Cn1cccc1C(C)=O. The molecule has 18 heavy (non-hydrogen) atoms. The summed E-state index contributed by atoms with van der Waals surface area (Å²) in [5, 5.41) is 4.46. The molecule has 2 heterocycles. The summed E-state index contributed by atoms with van der Waals surface area (Å²) in [6, 6.07) is 3.74. The summed E-state index contributed by atoms with van der Waals surface area (Å²) in [6.07, 6.45) is 1.92. The molecule has 2 aromatic rings. The molecule has 0 unspecified atom stereocenters. The van der Waals surface area contributed by atoms with Gasteiger partial charge in [-0.2, -0.15) is 5.10 Å². The van der Waals surface area contributed by atoms with Gasteiger partial charge in [0.1, 0.15) is 0 Å². The molecular weight excluding hydrogens is 294 g/mol. The number of carbonyl (C=O) groups excluding carboxylic acids is 1. The summed E-state index contributed by atoms with van der Waals surface area (Å²) in [7, 11) is 0. The van der Waals surface area contributed by atoms with Crippen LogP contribution in [0.4, 0.5) is 0 Å². The molecule has 0 aliphatic carbocycles. The molecule has 0 aromatic carbocycles. The van der Waals surface area contributed by atoms with Crippen molar-refractivity contribution in [2.45, 2.75) is 33.9 Å². The van der Waals surface area contributed by atoms with Crippen LogP contribution in [0.1, 0.15) is 35.7 Å². The number of aryl methyl sites for hydroxylation is 2. The molecule has 2 rings (SSSR count). The summed E-state index contributed by atoms with van der Waals surface area (Å²) in [5.74, 6) is 0.0791. The first kappa shape index (κ1) is 13.1. The molecule has 0 N–H and O–H groups in total. The van der Waals surface area contributed by atoms with Crippen LogP contribution in [0.25, 0.3) is 0 Å². The van der Waals surface area contributed by atoms with E-state index in [0.29, 0.717) is 6.54 Å². The number of carbonyl (C=O) groups is 1. The molecule has 0 aliphatic rings. The maximum Gasteiger partial charge on any atom is 0.176 e. The van der Waals surface area contributed by atoms with Crippen molar-refractivity contribution in [1.82, 2.24) is 14.3 Å². The van der Waals surface area contributed by atoms with Crippen molar-refractivity contribution in [3.05, 3.63) is 39.9 Å².